The van der Waals surface area contributed by atoms with Gasteiger partial charge in [-0.2, -0.15) is 0 Å². The molecule has 1 fully saturated rings. The molecule has 1 aliphatic rings. The largest absolute Gasteiger partial charge is 0.477 e. The number of carboxylic acid groups (broad SMARTS) is 1. The van der Waals surface area contributed by atoms with Crippen molar-refractivity contribution in [2.75, 3.05) is 6.54 Å². The molecule has 0 spiro atoms. The molecule has 1 saturated heterocycles. The second-order valence-corrected chi connectivity index (χ2v) is 5.03. The van der Waals surface area contributed by atoms with E-state index in [1.165, 1.54) is 11.3 Å². The third-order valence-corrected chi connectivity index (χ3v) is 3.95. The molecule has 3 N–H and O–H groups in total. The molecule has 17 heavy (non-hydrogen) atoms. The van der Waals surface area contributed by atoms with Gasteiger partial charge in [0, 0.05) is 6.54 Å². The first-order valence-corrected chi connectivity index (χ1v) is 6.30. The first-order valence-electron chi connectivity index (χ1n) is 5.42. The topological polar surface area (TPSA) is 83.6 Å². The number of carboxylic acids is 1. The number of hydrogen-bond acceptors (Lipinski definition) is 4. The highest BCUT2D eigenvalue weighted by atomic mass is 32.1. The molecule has 2 heterocycles. The van der Waals surface area contributed by atoms with Crippen molar-refractivity contribution in [3.8, 4) is 0 Å². The molecule has 0 aromatic carbocycles. The van der Waals surface area contributed by atoms with Gasteiger partial charge in [0.15, 0.2) is 0 Å². The van der Waals surface area contributed by atoms with E-state index in [9.17, 15) is 9.59 Å². The van der Waals surface area contributed by atoms with Gasteiger partial charge in [0.2, 0.25) is 5.91 Å². The fourth-order valence-corrected chi connectivity index (χ4v) is 2.96. The Hall–Kier alpha value is -1.40. The molecule has 92 valence electrons. The summed E-state index contributed by atoms with van der Waals surface area (Å²) in [6.45, 7) is 1.28. The van der Waals surface area contributed by atoms with Gasteiger partial charge in [-0.1, -0.05) is 0 Å². The van der Waals surface area contributed by atoms with Crippen molar-refractivity contribution in [2.24, 2.45) is 5.73 Å². The van der Waals surface area contributed by atoms with Crippen LogP contribution in [0.4, 0.5) is 0 Å². The van der Waals surface area contributed by atoms with Crippen LogP contribution >= 0.6 is 11.3 Å². The summed E-state index contributed by atoms with van der Waals surface area (Å²) < 4.78 is 0. The molecular weight excluding hydrogens is 240 g/mol. The maximum atomic E-state index is 11.2. The molecule has 5 nitrogen and oxygen atoms in total. The van der Waals surface area contributed by atoms with Crippen LogP contribution in [0.2, 0.25) is 0 Å². The summed E-state index contributed by atoms with van der Waals surface area (Å²) in [5, 5.41) is 10.8. The second kappa shape index (κ2) is 4.85. The zero-order chi connectivity index (χ0) is 12.4. The van der Waals surface area contributed by atoms with Crippen LogP contribution in [0.15, 0.2) is 11.4 Å². The van der Waals surface area contributed by atoms with Gasteiger partial charge in [0.1, 0.15) is 4.88 Å². The summed E-state index contributed by atoms with van der Waals surface area (Å²) in [5.41, 5.74) is 6.08. The zero-order valence-corrected chi connectivity index (χ0v) is 10.1. The summed E-state index contributed by atoms with van der Waals surface area (Å²) in [5.74, 6) is -1.24. The number of likely N-dealkylation sites (tertiary alicyclic amines) is 1. The Labute approximate surface area is 103 Å². The molecule has 1 unspecified atom stereocenters. The molecule has 0 aliphatic carbocycles. The third kappa shape index (κ3) is 2.48. The van der Waals surface area contributed by atoms with E-state index in [0.717, 1.165) is 24.9 Å². The average Bonchev–Trinajstić information content (AvgIpc) is 2.86. The van der Waals surface area contributed by atoms with Crippen LogP contribution in [0, 0.1) is 0 Å². The van der Waals surface area contributed by atoms with E-state index >= 15 is 0 Å². The Morgan fingerprint density at radius 1 is 1.59 bits per heavy atom. The SMILES string of the molecule is NC(=O)C1CCCN1Cc1ccsc1C(=O)O. The molecule has 1 aliphatic heterocycles. The zero-order valence-electron chi connectivity index (χ0n) is 9.26. The van der Waals surface area contributed by atoms with Gasteiger partial charge in [-0.05, 0) is 36.4 Å². The fourth-order valence-electron chi connectivity index (χ4n) is 2.20. The normalized spacial score (nSPS) is 20.6. The summed E-state index contributed by atoms with van der Waals surface area (Å²) in [7, 11) is 0. The summed E-state index contributed by atoms with van der Waals surface area (Å²) in [4.78, 5) is 24.5. The second-order valence-electron chi connectivity index (χ2n) is 4.11. The number of nitrogens with two attached hydrogens (primary N) is 1. The van der Waals surface area contributed by atoms with Crippen LogP contribution in [0.5, 0.6) is 0 Å². The van der Waals surface area contributed by atoms with E-state index in [1.54, 1.807) is 11.4 Å². The molecular formula is C11H14N2O3S. The lowest BCUT2D eigenvalue weighted by atomic mass is 10.2. The Morgan fingerprint density at radius 2 is 2.35 bits per heavy atom. The fraction of sp³-hybridized carbons (Fsp3) is 0.455. The predicted molar refractivity (Wildman–Crippen MR) is 63.9 cm³/mol. The van der Waals surface area contributed by atoms with Crippen LogP contribution in [-0.4, -0.2) is 34.5 Å². The number of carbonyl (C=O) groups is 2. The van der Waals surface area contributed by atoms with E-state index in [2.05, 4.69) is 0 Å². The maximum Gasteiger partial charge on any atom is 0.346 e. The number of carbonyl (C=O) groups excluding carboxylic acids is 1. The summed E-state index contributed by atoms with van der Waals surface area (Å²) in [6, 6.07) is 1.54. The Morgan fingerprint density at radius 3 is 3.00 bits per heavy atom. The molecule has 1 amide bonds. The van der Waals surface area contributed by atoms with E-state index in [0.29, 0.717) is 11.4 Å². The average molecular weight is 254 g/mol. The van der Waals surface area contributed by atoms with Crippen LogP contribution in [0.25, 0.3) is 0 Å². The Bertz CT molecular complexity index is 444. The molecule has 1 aromatic rings. The quantitative estimate of drug-likeness (QED) is 0.836. The van der Waals surface area contributed by atoms with Crippen molar-refractivity contribution in [2.45, 2.75) is 25.4 Å². The van der Waals surface area contributed by atoms with Crippen LogP contribution in [-0.2, 0) is 11.3 Å². The van der Waals surface area contributed by atoms with E-state index < -0.39 is 5.97 Å². The highest BCUT2D eigenvalue weighted by Crippen LogP contribution is 2.24. The number of amides is 1. The van der Waals surface area contributed by atoms with E-state index in [4.69, 9.17) is 10.8 Å². The Balaban J connectivity index is 2.12. The lowest BCUT2D eigenvalue weighted by Crippen LogP contribution is -2.39. The molecule has 0 bridgehead atoms. The van der Waals surface area contributed by atoms with Crippen molar-refractivity contribution >= 4 is 23.2 Å². The van der Waals surface area contributed by atoms with Gasteiger partial charge in [-0.15, -0.1) is 11.3 Å². The lowest BCUT2D eigenvalue weighted by Gasteiger charge is -2.21. The maximum absolute atomic E-state index is 11.2. The van der Waals surface area contributed by atoms with Gasteiger partial charge in [0.05, 0.1) is 6.04 Å². The molecule has 6 heteroatoms. The lowest BCUT2D eigenvalue weighted by molar-refractivity contribution is -0.122. The Kier molecular flexibility index (Phi) is 3.44. The van der Waals surface area contributed by atoms with E-state index in [1.807, 2.05) is 4.90 Å². The van der Waals surface area contributed by atoms with Gasteiger partial charge in [-0.25, -0.2) is 4.79 Å². The monoisotopic (exact) mass is 254 g/mol. The highest BCUT2D eigenvalue weighted by Gasteiger charge is 2.29. The van der Waals surface area contributed by atoms with Crippen molar-refractivity contribution in [1.29, 1.82) is 0 Å². The first kappa shape index (κ1) is 12.1. The summed E-state index contributed by atoms with van der Waals surface area (Å²) >= 11 is 1.21. The first-order chi connectivity index (χ1) is 8.09. The van der Waals surface area contributed by atoms with Crippen LogP contribution in [0.3, 0.4) is 0 Å². The van der Waals surface area contributed by atoms with Crippen LogP contribution < -0.4 is 5.73 Å². The van der Waals surface area contributed by atoms with E-state index in [-0.39, 0.29) is 11.9 Å². The summed E-state index contributed by atoms with van der Waals surface area (Å²) in [6.07, 6.45) is 1.70. The minimum atomic E-state index is -0.912. The number of rotatable bonds is 4. The van der Waals surface area contributed by atoms with Crippen molar-refractivity contribution in [3.05, 3.63) is 21.9 Å². The minimum absolute atomic E-state index is 0.253. The molecule has 2 rings (SSSR count). The highest BCUT2D eigenvalue weighted by molar-refractivity contribution is 7.12. The van der Waals surface area contributed by atoms with Crippen molar-refractivity contribution in [1.82, 2.24) is 4.90 Å². The van der Waals surface area contributed by atoms with Gasteiger partial charge >= 0.3 is 5.97 Å². The number of aromatic carboxylic acids is 1. The number of hydrogen-bond donors (Lipinski definition) is 2. The minimum Gasteiger partial charge on any atom is -0.477 e. The van der Waals surface area contributed by atoms with Crippen LogP contribution in [0.1, 0.15) is 28.1 Å². The number of nitrogens with zero attached hydrogens (tertiary/aromatic N) is 1. The van der Waals surface area contributed by atoms with Crippen molar-refractivity contribution < 1.29 is 14.7 Å². The molecule has 1 aromatic heterocycles. The van der Waals surface area contributed by atoms with Gasteiger partial charge < -0.3 is 10.8 Å². The molecule has 0 radical (unpaired) electrons. The molecule has 1 atom stereocenters. The number of thiophene rings is 1. The third-order valence-electron chi connectivity index (χ3n) is 3.01. The standard InChI is InChI=1S/C11H14N2O3S/c12-10(14)8-2-1-4-13(8)6-7-3-5-17-9(7)11(15)16/h3,5,8H,1-2,4,6H2,(H2,12,14)(H,15,16). The van der Waals surface area contributed by atoms with Gasteiger partial charge in [0.25, 0.3) is 0 Å². The smallest absolute Gasteiger partial charge is 0.346 e. The van der Waals surface area contributed by atoms with Gasteiger partial charge in [-0.3, -0.25) is 9.69 Å². The molecule has 0 saturated carbocycles. The van der Waals surface area contributed by atoms with Crippen molar-refractivity contribution in [3.63, 3.8) is 0 Å². The predicted octanol–water partition coefficient (Wildman–Crippen LogP) is 0.896. The number of primary amides is 1.